The van der Waals surface area contributed by atoms with E-state index in [0.717, 1.165) is 18.8 Å². The van der Waals surface area contributed by atoms with Gasteiger partial charge in [-0.3, -0.25) is 0 Å². The summed E-state index contributed by atoms with van der Waals surface area (Å²) in [6, 6.07) is 9.13. The summed E-state index contributed by atoms with van der Waals surface area (Å²) in [4.78, 5) is 2.33. The number of hydrogen-bond donors (Lipinski definition) is 1. The Labute approximate surface area is 126 Å². The summed E-state index contributed by atoms with van der Waals surface area (Å²) in [6.45, 7) is 8.59. The Bertz CT molecular complexity index is 537. The van der Waals surface area contributed by atoms with E-state index < -0.39 is 0 Å². The second-order valence-electron chi connectivity index (χ2n) is 5.60. The van der Waals surface area contributed by atoms with Gasteiger partial charge in [-0.05, 0) is 55.9 Å². The van der Waals surface area contributed by atoms with E-state index in [-0.39, 0.29) is 0 Å². The van der Waals surface area contributed by atoms with Crippen molar-refractivity contribution >= 4 is 0 Å². The van der Waals surface area contributed by atoms with Crippen LogP contribution in [0.1, 0.15) is 32.4 Å². The molecule has 0 saturated carbocycles. The molecule has 0 aliphatic heterocycles. The predicted molar refractivity (Wildman–Crippen MR) is 83.3 cm³/mol. The molecule has 6 heteroatoms. The van der Waals surface area contributed by atoms with E-state index in [1.54, 1.807) is 11.0 Å². The van der Waals surface area contributed by atoms with Crippen molar-refractivity contribution in [2.45, 2.75) is 32.9 Å². The van der Waals surface area contributed by atoms with Crippen LogP contribution in [0.5, 0.6) is 0 Å². The van der Waals surface area contributed by atoms with Gasteiger partial charge < -0.3 is 10.2 Å². The number of likely N-dealkylation sites (N-methyl/N-ethyl adjacent to an activating group) is 1. The molecule has 2 aromatic rings. The highest BCUT2D eigenvalue weighted by molar-refractivity contribution is 5.35. The molecule has 1 N–H and O–H groups in total. The molecular formula is C15H24N6. The van der Waals surface area contributed by atoms with E-state index >= 15 is 0 Å². The first-order valence-corrected chi connectivity index (χ1v) is 7.35. The zero-order valence-corrected chi connectivity index (χ0v) is 13.2. The molecule has 1 atom stereocenters. The standard InChI is InChI=1S/C15H24N6/c1-12(2)20(4)9-8-16-13(3)14-6-5-7-15(10-14)21-11-17-18-19-21/h5-7,10-13,16H,8-9H2,1-4H3. The van der Waals surface area contributed by atoms with Crippen LogP contribution in [0.4, 0.5) is 0 Å². The van der Waals surface area contributed by atoms with Crippen molar-refractivity contribution in [3.05, 3.63) is 36.2 Å². The van der Waals surface area contributed by atoms with Crippen molar-refractivity contribution in [1.82, 2.24) is 30.4 Å². The van der Waals surface area contributed by atoms with Crippen molar-refractivity contribution in [3.63, 3.8) is 0 Å². The largest absolute Gasteiger partial charge is 0.309 e. The highest BCUT2D eigenvalue weighted by Gasteiger charge is 2.08. The van der Waals surface area contributed by atoms with Gasteiger partial charge in [0.2, 0.25) is 0 Å². The van der Waals surface area contributed by atoms with Crippen molar-refractivity contribution in [1.29, 1.82) is 0 Å². The van der Waals surface area contributed by atoms with Gasteiger partial charge in [0, 0.05) is 25.2 Å². The lowest BCUT2D eigenvalue weighted by molar-refractivity contribution is 0.270. The molecular weight excluding hydrogens is 264 g/mol. The van der Waals surface area contributed by atoms with Crippen LogP contribution < -0.4 is 5.32 Å². The van der Waals surface area contributed by atoms with Crippen molar-refractivity contribution in [2.75, 3.05) is 20.1 Å². The van der Waals surface area contributed by atoms with Crippen molar-refractivity contribution < 1.29 is 0 Å². The van der Waals surface area contributed by atoms with Crippen LogP contribution in [-0.2, 0) is 0 Å². The number of nitrogens with zero attached hydrogens (tertiary/aromatic N) is 5. The van der Waals surface area contributed by atoms with Crippen molar-refractivity contribution in [3.8, 4) is 5.69 Å². The van der Waals surface area contributed by atoms with E-state index in [1.807, 2.05) is 12.1 Å². The van der Waals surface area contributed by atoms with Gasteiger partial charge in [0.15, 0.2) is 0 Å². The second kappa shape index (κ2) is 7.28. The molecule has 21 heavy (non-hydrogen) atoms. The third kappa shape index (κ3) is 4.34. The topological polar surface area (TPSA) is 58.9 Å². The lowest BCUT2D eigenvalue weighted by Gasteiger charge is -2.22. The minimum atomic E-state index is 0.294. The lowest BCUT2D eigenvalue weighted by atomic mass is 10.1. The Morgan fingerprint density at radius 2 is 2.10 bits per heavy atom. The number of benzene rings is 1. The minimum Gasteiger partial charge on any atom is -0.309 e. The van der Waals surface area contributed by atoms with Gasteiger partial charge in [0.05, 0.1) is 5.69 Å². The van der Waals surface area contributed by atoms with E-state index in [1.165, 1.54) is 5.56 Å². The molecule has 0 spiro atoms. The maximum atomic E-state index is 3.92. The molecule has 114 valence electrons. The van der Waals surface area contributed by atoms with Crippen molar-refractivity contribution in [2.24, 2.45) is 0 Å². The maximum Gasteiger partial charge on any atom is 0.143 e. The third-order valence-corrected chi connectivity index (χ3v) is 3.78. The number of tetrazole rings is 1. The SMILES string of the molecule is CC(NCCN(C)C(C)C)c1cccc(-n2cnnn2)c1. The van der Waals surface area contributed by atoms with Gasteiger partial charge in [-0.25, -0.2) is 4.68 Å². The van der Waals surface area contributed by atoms with Crippen LogP contribution in [0.2, 0.25) is 0 Å². The number of hydrogen-bond acceptors (Lipinski definition) is 5. The molecule has 1 aromatic carbocycles. The highest BCUT2D eigenvalue weighted by atomic mass is 15.5. The number of aromatic nitrogens is 4. The molecule has 1 unspecified atom stereocenters. The molecule has 0 bridgehead atoms. The summed E-state index contributed by atoms with van der Waals surface area (Å²) in [5.74, 6) is 0. The normalized spacial score (nSPS) is 13.0. The molecule has 0 amide bonds. The summed E-state index contributed by atoms with van der Waals surface area (Å²) in [5.41, 5.74) is 2.21. The van der Waals surface area contributed by atoms with Gasteiger partial charge in [0.1, 0.15) is 6.33 Å². The van der Waals surface area contributed by atoms with Crippen LogP contribution in [-0.4, -0.2) is 51.3 Å². The first-order chi connectivity index (χ1) is 10.1. The van der Waals surface area contributed by atoms with Gasteiger partial charge in [0.25, 0.3) is 0 Å². The van der Waals surface area contributed by atoms with Gasteiger partial charge >= 0.3 is 0 Å². The Hall–Kier alpha value is -1.79. The predicted octanol–water partition coefficient (Wildman–Crippen LogP) is 1.65. The Kier molecular flexibility index (Phi) is 5.41. The smallest absolute Gasteiger partial charge is 0.143 e. The first kappa shape index (κ1) is 15.6. The summed E-state index contributed by atoms with van der Waals surface area (Å²) < 4.78 is 1.67. The average molecular weight is 288 g/mol. The molecule has 0 saturated heterocycles. The van der Waals surface area contributed by atoms with E-state index in [9.17, 15) is 0 Å². The van der Waals surface area contributed by atoms with Gasteiger partial charge in [-0.15, -0.1) is 5.10 Å². The molecule has 0 fully saturated rings. The fraction of sp³-hybridized carbons (Fsp3) is 0.533. The fourth-order valence-electron chi connectivity index (χ4n) is 2.05. The molecule has 0 aliphatic rings. The highest BCUT2D eigenvalue weighted by Crippen LogP contribution is 2.15. The summed E-state index contributed by atoms with van der Waals surface area (Å²) >= 11 is 0. The van der Waals surface area contributed by atoms with Gasteiger partial charge in [-0.1, -0.05) is 12.1 Å². The quantitative estimate of drug-likeness (QED) is 0.839. The van der Waals surface area contributed by atoms with Crippen LogP contribution in [0, 0.1) is 0 Å². The van der Waals surface area contributed by atoms with Crippen LogP contribution >= 0.6 is 0 Å². The van der Waals surface area contributed by atoms with E-state index in [2.05, 4.69) is 65.7 Å². The molecule has 6 nitrogen and oxygen atoms in total. The second-order valence-corrected chi connectivity index (χ2v) is 5.60. The zero-order chi connectivity index (χ0) is 15.2. The van der Waals surface area contributed by atoms with Crippen LogP contribution in [0.25, 0.3) is 5.69 Å². The zero-order valence-electron chi connectivity index (χ0n) is 13.2. The lowest BCUT2D eigenvalue weighted by Crippen LogP contribution is -2.34. The van der Waals surface area contributed by atoms with E-state index in [4.69, 9.17) is 0 Å². The minimum absolute atomic E-state index is 0.294. The fourth-order valence-corrected chi connectivity index (χ4v) is 2.05. The Morgan fingerprint density at radius 3 is 2.76 bits per heavy atom. The number of nitrogens with one attached hydrogen (secondary N) is 1. The molecule has 1 aromatic heterocycles. The molecule has 2 rings (SSSR count). The molecule has 0 radical (unpaired) electrons. The van der Waals surface area contributed by atoms with Crippen LogP contribution in [0.15, 0.2) is 30.6 Å². The summed E-state index contributed by atoms with van der Waals surface area (Å²) in [5, 5.41) is 14.8. The summed E-state index contributed by atoms with van der Waals surface area (Å²) in [7, 11) is 2.15. The first-order valence-electron chi connectivity index (χ1n) is 7.35. The third-order valence-electron chi connectivity index (χ3n) is 3.78. The molecule has 1 heterocycles. The van der Waals surface area contributed by atoms with E-state index in [0.29, 0.717) is 12.1 Å². The number of rotatable bonds is 7. The maximum absolute atomic E-state index is 3.92. The summed E-state index contributed by atoms with van der Waals surface area (Å²) in [6.07, 6.45) is 1.61. The Morgan fingerprint density at radius 1 is 1.29 bits per heavy atom. The van der Waals surface area contributed by atoms with Crippen LogP contribution in [0.3, 0.4) is 0 Å². The molecule has 0 aliphatic carbocycles. The monoisotopic (exact) mass is 288 g/mol. The Balaban J connectivity index is 1.93. The average Bonchev–Trinajstić information content (AvgIpc) is 3.01. The van der Waals surface area contributed by atoms with Gasteiger partial charge in [-0.2, -0.15) is 0 Å².